The molecule has 5 nitrogen and oxygen atoms in total. The van der Waals surface area contributed by atoms with Gasteiger partial charge in [0, 0.05) is 32.7 Å². The van der Waals surface area contributed by atoms with E-state index in [-0.39, 0.29) is 12.5 Å². The molecule has 1 atom stereocenters. The summed E-state index contributed by atoms with van der Waals surface area (Å²) in [6.45, 7) is 1.80. The molecule has 18 heavy (non-hydrogen) atoms. The van der Waals surface area contributed by atoms with E-state index in [0.717, 1.165) is 0 Å². The van der Waals surface area contributed by atoms with Crippen molar-refractivity contribution in [3.8, 4) is 0 Å². The minimum absolute atomic E-state index is 0.118. The van der Waals surface area contributed by atoms with Gasteiger partial charge in [-0.1, -0.05) is 0 Å². The Balaban J connectivity index is 2.35. The first-order valence-corrected chi connectivity index (χ1v) is 5.72. The molecule has 1 saturated heterocycles. The van der Waals surface area contributed by atoms with Crippen molar-refractivity contribution in [1.29, 1.82) is 0 Å². The van der Waals surface area contributed by atoms with Crippen LogP contribution in [0.5, 0.6) is 0 Å². The molecule has 0 aliphatic carbocycles. The van der Waals surface area contributed by atoms with Crippen molar-refractivity contribution >= 4 is 5.91 Å². The van der Waals surface area contributed by atoms with E-state index in [9.17, 15) is 18.0 Å². The van der Waals surface area contributed by atoms with Crippen LogP contribution in [0.3, 0.4) is 0 Å². The second-order valence-corrected chi connectivity index (χ2v) is 4.38. The molecule has 1 amide bonds. The van der Waals surface area contributed by atoms with Crippen LogP contribution in [0.15, 0.2) is 0 Å². The lowest BCUT2D eigenvalue weighted by Gasteiger charge is -2.29. The topological polar surface area (TPSA) is 55.8 Å². The lowest BCUT2D eigenvalue weighted by atomic mass is 10.3. The summed E-state index contributed by atoms with van der Waals surface area (Å²) in [6, 6.07) is 0. The number of rotatable bonds is 4. The Morgan fingerprint density at radius 2 is 2.00 bits per heavy atom. The maximum absolute atomic E-state index is 12.1. The lowest BCUT2D eigenvalue weighted by Crippen LogP contribution is -2.50. The average Bonchev–Trinajstić information content (AvgIpc) is 2.28. The van der Waals surface area contributed by atoms with Gasteiger partial charge in [-0.25, -0.2) is 0 Å². The third-order valence-corrected chi connectivity index (χ3v) is 2.74. The molecular weight excluding hydrogens is 251 g/mol. The smallest absolute Gasteiger partial charge is 0.382 e. The van der Waals surface area contributed by atoms with Gasteiger partial charge in [0.05, 0.1) is 6.54 Å². The number of aliphatic hydroxyl groups excluding tert-OH is 1. The van der Waals surface area contributed by atoms with Crippen LogP contribution in [0.1, 0.15) is 0 Å². The summed E-state index contributed by atoms with van der Waals surface area (Å²) in [5.41, 5.74) is 0. The molecule has 1 fully saturated rings. The van der Waals surface area contributed by atoms with E-state index in [1.165, 1.54) is 11.9 Å². The first-order valence-electron chi connectivity index (χ1n) is 5.72. The van der Waals surface area contributed by atoms with E-state index >= 15 is 0 Å². The molecule has 0 bridgehead atoms. The molecule has 1 aliphatic heterocycles. The zero-order valence-corrected chi connectivity index (χ0v) is 10.2. The predicted molar refractivity (Wildman–Crippen MR) is 59.0 cm³/mol. The van der Waals surface area contributed by atoms with Crippen LogP contribution in [0, 0.1) is 0 Å². The van der Waals surface area contributed by atoms with E-state index in [1.807, 2.05) is 0 Å². The molecule has 1 unspecified atom stereocenters. The summed E-state index contributed by atoms with van der Waals surface area (Å²) in [6.07, 6.45) is -7.06. The summed E-state index contributed by atoms with van der Waals surface area (Å²) >= 11 is 0. The number of halogens is 3. The number of aliphatic hydroxyl groups is 1. The Kier molecular flexibility index (Phi) is 5.36. The number of nitrogens with one attached hydrogen (secondary N) is 1. The first kappa shape index (κ1) is 15.2. The zero-order chi connectivity index (χ0) is 13.8. The third-order valence-electron chi connectivity index (χ3n) is 2.74. The van der Waals surface area contributed by atoms with E-state index < -0.39 is 18.8 Å². The van der Waals surface area contributed by atoms with Crippen LogP contribution in [0.4, 0.5) is 13.2 Å². The number of hydrogen-bond acceptors (Lipinski definition) is 4. The Bertz CT molecular complexity index is 280. The lowest BCUT2D eigenvalue weighted by molar-refractivity contribution is -0.207. The van der Waals surface area contributed by atoms with Crippen LogP contribution in [0.25, 0.3) is 0 Å². The van der Waals surface area contributed by atoms with Crippen molar-refractivity contribution in [1.82, 2.24) is 15.1 Å². The van der Waals surface area contributed by atoms with Gasteiger partial charge < -0.3 is 15.3 Å². The van der Waals surface area contributed by atoms with E-state index in [2.05, 4.69) is 5.32 Å². The number of carbonyl (C=O) groups excluding carboxylic acids is 1. The minimum atomic E-state index is -4.65. The van der Waals surface area contributed by atoms with Gasteiger partial charge in [-0.2, -0.15) is 13.2 Å². The molecular formula is C10H18F3N3O2. The van der Waals surface area contributed by atoms with E-state index in [0.29, 0.717) is 26.2 Å². The van der Waals surface area contributed by atoms with Gasteiger partial charge in [-0.05, 0) is 7.05 Å². The molecule has 2 N–H and O–H groups in total. The van der Waals surface area contributed by atoms with Crippen molar-refractivity contribution in [2.75, 3.05) is 46.3 Å². The van der Waals surface area contributed by atoms with Crippen LogP contribution >= 0.6 is 0 Å². The number of likely N-dealkylation sites (N-methyl/N-ethyl adjacent to an activating group) is 1. The molecule has 0 aromatic heterocycles. The molecule has 106 valence electrons. The Hall–Kier alpha value is -0.860. The number of hydrogen-bond donors (Lipinski definition) is 2. The highest BCUT2D eigenvalue weighted by Gasteiger charge is 2.38. The second kappa shape index (κ2) is 6.35. The third kappa shape index (κ3) is 4.79. The standard InChI is InChI=1S/C10H18F3N3O2/c1-15(6-8(17)10(11,12)13)7-9(18)16-4-2-14-3-5-16/h8,14,17H,2-7H2,1H3. The highest BCUT2D eigenvalue weighted by molar-refractivity contribution is 5.78. The maximum Gasteiger partial charge on any atom is 0.415 e. The Morgan fingerprint density at radius 1 is 1.44 bits per heavy atom. The zero-order valence-electron chi connectivity index (χ0n) is 10.2. The van der Waals surface area contributed by atoms with Crippen LogP contribution in [0.2, 0.25) is 0 Å². The maximum atomic E-state index is 12.1. The highest BCUT2D eigenvalue weighted by Crippen LogP contribution is 2.20. The van der Waals surface area contributed by atoms with Gasteiger partial charge in [0.1, 0.15) is 0 Å². The monoisotopic (exact) mass is 269 g/mol. The van der Waals surface area contributed by atoms with Gasteiger partial charge in [0.2, 0.25) is 5.91 Å². The number of nitrogens with zero attached hydrogens (tertiary/aromatic N) is 2. The molecule has 0 radical (unpaired) electrons. The van der Waals surface area contributed by atoms with Crippen molar-refractivity contribution < 1.29 is 23.1 Å². The second-order valence-electron chi connectivity index (χ2n) is 4.38. The number of amides is 1. The van der Waals surface area contributed by atoms with Gasteiger partial charge in [-0.3, -0.25) is 9.69 Å². The molecule has 0 aromatic carbocycles. The summed E-state index contributed by atoms with van der Waals surface area (Å²) < 4.78 is 36.4. The minimum Gasteiger partial charge on any atom is -0.382 e. The molecule has 1 rings (SSSR count). The van der Waals surface area contributed by atoms with E-state index in [4.69, 9.17) is 5.11 Å². The first-order chi connectivity index (χ1) is 8.30. The van der Waals surface area contributed by atoms with Crippen LogP contribution < -0.4 is 5.32 Å². The van der Waals surface area contributed by atoms with Gasteiger partial charge in [0.25, 0.3) is 0 Å². The average molecular weight is 269 g/mol. The van der Waals surface area contributed by atoms with Crippen LogP contribution in [-0.2, 0) is 4.79 Å². The summed E-state index contributed by atoms with van der Waals surface area (Å²) in [4.78, 5) is 14.5. The summed E-state index contributed by atoms with van der Waals surface area (Å²) in [5, 5.41) is 12.0. The molecule has 1 aliphatic rings. The summed E-state index contributed by atoms with van der Waals surface area (Å²) in [7, 11) is 1.38. The van der Waals surface area contributed by atoms with Gasteiger partial charge in [-0.15, -0.1) is 0 Å². The fourth-order valence-electron chi connectivity index (χ4n) is 1.71. The van der Waals surface area contributed by atoms with Crippen molar-refractivity contribution in [3.05, 3.63) is 0 Å². The van der Waals surface area contributed by atoms with Crippen LogP contribution in [-0.4, -0.2) is 79.4 Å². The van der Waals surface area contributed by atoms with Gasteiger partial charge in [0.15, 0.2) is 6.10 Å². The Morgan fingerprint density at radius 3 is 2.50 bits per heavy atom. The van der Waals surface area contributed by atoms with E-state index in [1.54, 1.807) is 4.90 Å². The molecule has 0 aromatic rings. The number of alkyl halides is 3. The fraction of sp³-hybridized carbons (Fsp3) is 0.900. The highest BCUT2D eigenvalue weighted by atomic mass is 19.4. The molecule has 0 saturated carbocycles. The molecule has 8 heteroatoms. The normalized spacial score (nSPS) is 19.1. The quantitative estimate of drug-likeness (QED) is 0.707. The fourth-order valence-corrected chi connectivity index (χ4v) is 1.71. The number of carbonyl (C=O) groups is 1. The summed E-state index contributed by atoms with van der Waals surface area (Å²) in [5.74, 6) is -0.214. The van der Waals surface area contributed by atoms with Crippen molar-refractivity contribution in [2.24, 2.45) is 0 Å². The molecule has 1 heterocycles. The molecule has 0 spiro atoms. The van der Waals surface area contributed by atoms with Crippen molar-refractivity contribution in [3.63, 3.8) is 0 Å². The SMILES string of the molecule is CN(CC(=O)N1CCNCC1)CC(O)C(F)(F)F. The largest absolute Gasteiger partial charge is 0.415 e. The Labute approximate surface area is 104 Å². The predicted octanol–water partition coefficient (Wildman–Crippen LogP) is -0.727. The van der Waals surface area contributed by atoms with Gasteiger partial charge >= 0.3 is 6.18 Å². The number of piperazine rings is 1. The van der Waals surface area contributed by atoms with Crippen molar-refractivity contribution in [2.45, 2.75) is 12.3 Å².